The number of hydrogen-bond donors (Lipinski definition) is 1. The molecule has 5 nitrogen and oxygen atoms in total. The van der Waals surface area contributed by atoms with Crippen LogP contribution in [0.5, 0.6) is 0 Å². The van der Waals surface area contributed by atoms with Gasteiger partial charge in [-0.3, -0.25) is 14.5 Å². The second kappa shape index (κ2) is 7.79. The summed E-state index contributed by atoms with van der Waals surface area (Å²) in [6.07, 6.45) is 6.25. The zero-order chi connectivity index (χ0) is 16.9. The van der Waals surface area contributed by atoms with Gasteiger partial charge in [0, 0.05) is 30.4 Å². The Hall–Kier alpha value is -1.88. The normalized spacial score (nSPS) is 22.0. The van der Waals surface area contributed by atoms with Crippen LogP contribution in [0.15, 0.2) is 24.3 Å². The van der Waals surface area contributed by atoms with Crippen molar-refractivity contribution in [3.05, 3.63) is 24.3 Å². The Balaban J connectivity index is 1.61. The molecule has 2 amide bonds. The summed E-state index contributed by atoms with van der Waals surface area (Å²) >= 11 is 0. The Morgan fingerprint density at radius 1 is 1.25 bits per heavy atom. The summed E-state index contributed by atoms with van der Waals surface area (Å²) in [5, 5.41) is 2.99. The molecule has 1 N–H and O–H groups in total. The number of piperidine rings is 1. The number of nitrogens with one attached hydrogen (secondary N) is 1. The smallest absolute Gasteiger partial charge is 0.238 e. The van der Waals surface area contributed by atoms with Crippen molar-refractivity contribution in [3.63, 3.8) is 0 Å². The summed E-state index contributed by atoms with van der Waals surface area (Å²) in [6, 6.07) is 8.13. The minimum Gasteiger partial charge on any atom is -0.325 e. The monoisotopic (exact) mass is 329 g/mol. The summed E-state index contributed by atoms with van der Waals surface area (Å²) in [6.45, 7) is 4.42. The molecule has 0 aliphatic carbocycles. The van der Waals surface area contributed by atoms with Crippen LogP contribution in [0.1, 0.15) is 45.4 Å². The van der Waals surface area contributed by atoms with Gasteiger partial charge in [0.25, 0.3) is 0 Å². The highest BCUT2D eigenvalue weighted by Gasteiger charge is 2.24. The van der Waals surface area contributed by atoms with E-state index in [2.05, 4.69) is 17.1 Å². The van der Waals surface area contributed by atoms with Crippen LogP contribution in [0.25, 0.3) is 0 Å². The highest BCUT2D eigenvalue weighted by atomic mass is 16.2. The summed E-state index contributed by atoms with van der Waals surface area (Å²) in [7, 11) is 0. The number of carbonyl (C=O) groups is 2. The second-order valence-corrected chi connectivity index (χ2v) is 6.78. The first kappa shape index (κ1) is 17.0. The highest BCUT2D eigenvalue weighted by Crippen LogP contribution is 2.24. The molecular weight excluding hydrogens is 302 g/mol. The van der Waals surface area contributed by atoms with E-state index in [1.807, 2.05) is 24.3 Å². The molecule has 24 heavy (non-hydrogen) atoms. The van der Waals surface area contributed by atoms with Gasteiger partial charge in [0.1, 0.15) is 0 Å². The van der Waals surface area contributed by atoms with Gasteiger partial charge in [0.05, 0.1) is 6.54 Å². The quantitative estimate of drug-likeness (QED) is 0.903. The summed E-state index contributed by atoms with van der Waals surface area (Å²) < 4.78 is 0. The Kier molecular flexibility index (Phi) is 5.51. The van der Waals surface area contributed by atoms with E-state index in [1.165, 1.54) is 19.3 Å². The largest absolute Gasteiger partial charge is 0.325 e. The number of anilines is 2. The molecule has 1 aromatic carbocycles. The predicted molar refractivity (Wildman–Crippen MR) is 96.2 cm³/mol. The standard InChI is InChI=1S/C19H27N3O2/c1-2-16-8-3-4-11-21(16)14-18(23)20-15-7-5-9-17(13-15)22-12-6-10-19(22)24/h5,7,9,13,16H,2-4,6,8,10-12,14H2,1H3,(H,20,23)/t16-/m1/s1. The van der Waals surface area contributed by atoms with Gasteiger partial charge in [-0.2, -0.15) is 0 Å². The van der Waals surface area contributed by atoms with Crippen LogP contribution in [0, 0.1) is 0 Å². The molecular formula is C19H27N3O2. The number of rotatable bonds is 5. The average Bonchev–Trinajstić information content (AvgIpc) is 3.01. The van der Waals surface area contributed by atoms with Gasteiger partial charge >= 0.3 is 0 Å². The molecule has 2 aliphatic rings. The SMILES string of the molecule is CC[C@@H]1CCCCN1CC(=O)Nc1cccc(N2CCCC2=O)c1. The van der Waals surface area contributed by atoms with Crippen molar-refractivity contribution in [2.24, 2.45) is 0 Å². The van der Waals surface area contributed by atoms with Gasteiger partial charge < -0.3 is 10.2 Å². The second-order valence-electron chi connectivity index (χ2n) is 6.78. The average molecular weight is 329 g/mol. The summed E-state index contributed by atoms with van der Waals surface area (Å²) in [5.74, 6) is 0.192. The molecule has 5 heteroatoms. The molecule has 1 aromatic rings. The molecule has 0 saturated carbocycles. The maximum Gasteiger partial charge on any atom is 0.238 e. The van der Waals surface area contributed by atoms with Crippen LogP contribution in [0.4, 0.5) is 11.4 Å². The zero-order valence-corrected chi connectivity index (χ0v) is 14.5. The Morgan fingerprint density at radius 3 is 2.88 bits per heavy atom. The number of hydrogen-bond acceptors (Lipinski definition) is 3. The molecule has 0 radical (unpaired) electrons. The van der Waals surface area contributed by atoms with E-state index in [1.54, 1.807) is 4.90 Å². The van der Waals surface area contributed by atoms with Crippen molar-refractivity contribution < 1.29 is 9.59 Å². The lowest BCUT2D eigenvalue weighted by Gasteiger charge is -2.34. The van der Waals surface area contributed by atoms with Gasteiger partial charge in [-0.1, -0.05) is 19.4 Å². The lowest BCUT2D eigenvalue weighted by atomic mass is 10.00. The molecule has 2 fully saturated rings. The number of likely N-dealkylation sites (tertiary alicyclic amines) is 1. The minimum absolute atomic E-state index is 0.0280. The maximum atomic E-state index is 12.4. The molecule has 0 unspecified atom stereocenters. The van der Waals surface area contributed by atoms with Crippen LogP contribution in [0.2, 0.25) is 0 Å². The number of nitrogens with zero attached hydrogens (tertiary/aromatic N) is 2. The molecule has 2 heterocycles. The fourth-order valence-electron chi connectivity index (χ4n) is 3.79. The Labute approximate surface area is 144 Å². The first-order chi connectivity index (χ1) is 11.7. The molecule has 1 atom stereocenters. The third-order valence-electron chi connectivity index (χ3n) is 5.08. The first-order valence-electron chi connectivity index (χ1n) is 9.11. The lowest BCUT2D eigenvalue weighted by Crippen LogP contribution is -2.43. The predicted octanol–water partition coefficient (Wildman–Crippen LogP) is 3.02. The van der Waals surface area contributed by atoms with Gasteiger partial charge in [0.15, 0.2) is 0 Å². The first-order valence-corrected chi connectivity index (χ1v) is 9.11. The van der Waals surface area contributed by atoms with Crippen molar-refractivity contribution in [2.75, 3.05) is 29.9 Å². The van der Waals surface area contributed by atoms with Crippen LogP contribution in [0.3, 0.4) is 0 Å². The van der Waals surface area contributed by atoms with E-state index in [9.17, 15) is 9.59 Å². The lowest BCUT2D eigenvalue weighted by molar-refractivity contribution is -0.118. The van der Waals surface area contributed by atoms with E-state index in [4.69, 9.17) is 0 Å². The van der Waals surface area contributed by atoms with Crippen LogP contribution < -0.4 is 10.2 Å². The van der Waals surface area contributed by atoms with Crippen LogP contribution >= 0.6 is 0 Å². The van der Waals surface area contributed by atoms with Crippen LogP contribution in [-0.4, -0.2) is 42.4 Å². The van der Waals surface area contributed by atoms with Crippen molar-refractivity contribution in [1.82, 2.24) is 4.90 Å². The molecule has 0 aromatic heterocycles. The minimum atomic E-state index is 0.0280. The Morgan fingerprint density at radius 2 is 2.12 bits per heavy atom. The number of carbonyl (C=O) groups excluding carboxylic acids is 2. The molecule has 130 valence electrons. The Bertz CT molecular complexity index is 602. The van der Waals surface area contributed by atoms with Crippen molar-refractivity contribution in [2.45, 2.75) is 51.5 Å². The number of amides is 2. The van der Waals surface area contributed by atoms with E-state index < -0.39 is 0 Å². The zero-order valence-electron chi connectivity index (χ0n) is 14.5. The highest BCUT2D eigenvalue weighted by molar-refractivity contribution is 5.97. The third-order valence-corrected chi connectivity index (χ3v) is 5.08. The third kappa shape index (κ3) is 3.96. The fraction of sp³-hybridized carbons (Fsp3) is 0.579. The molecule has 0 spiro atoms. The molecule has 3 rings (SSSR count). The van der Waals surface area contributed by atoms with Crippen LogP contribution in [-0.2, 0) is 9.59 Å². The van der Waals surface area contributed by atoms with Gasteiger partial charge in [0.2, 0.25) is 11.8 Å². The summed E-state index contributed by atoms with van der Waals surface area (Å²) in [5.41, 5.74) is 1.64. The fourth-order valence-corrected chi connectivity index (χ4v) is 3.79. The maximum absolute atomic E-state index is 12.4. The molecule has 2 saturated heterocycles. The van der Waals surface area contributed by atoms with Crippen molar-refractivity contribution in [3.8, 4) is 0 Å². The topological polar surface area (TPSA) is 52.7 Å². The number of benzene rings is 1. The van der Waals surface area contributed by atoms with Gasteiger partial charge in [-0.25, -0.2) is 0 Å². The van der Waals surface area contributed by atoms with E-state index in [0.29, 0.717) is 19.0 Å². The van der Waals surface area contributed by atoms with E-state index >= 15 is 0 Å². The van der Waals surface area contributed by atoms with Gasteiger partial charge in [-0.15, -0.1) is 0 Å². The molecule has 0 bridgehead atoms. The van der Waals surface area contributed by atoms with E-state index in [0.717, 1.165) is 37.3 Å². The van der Waals surface area contributed by atoms with Gasteiger partial charge in [-0.05, 0) is 50.4 Å². The molecule has 2 aliphatic heterocycles. The van der Waals surface area contributed by atoms with E-state index in [-0.39, 0.29) is 11.8 Å². The summed E-state index contributed by atoms with van der Waals surface area (Å²) in [4.78, 5) is 28.4. The van der Waals surface area contributed by atoms with Crippen molar-refractivity contribution >= 4 is 23.2 Å². The van der Waals surface area contributed by atoms with Crippen molar-refractivity contribution in [1.29, 1.82) is 0 Å².